The van der Waals surface area contributed by atoms with Crippen molar-refractivity contribution in [1.29, 1.82) is 0 Å². The lowest BCUT2D eigenvalue weighted by Gasteiger charge is -2.32. The summed E-state index contributed by atoms with van der Waals surface area (Å²) in [5.74, 6) is -1.52. The molecule has 0 aliphatic heterocycles. The molecular formula is C28H35NO4. The van der Waals surface area contributed by atoms with Gasteiger partial charge in [0.2, 0.25) is 5.91 Å². The van der Waals surface area contributed by atoms with Crippen LogP contribution in [0.3, 0.4) is 0 Å². The number of benzene rings is 1. The summed E-state index contributed by atoms with van der Waals surface area (Å²) in [7, 11) is 0. The van der Waals surface area contributed by atoms with Crippen LogP contribution in [0.25, 0.3) is 0 Å². The first-order valence-electron chi connectivity index (χ1n) is 11.2. The lowest BCUT2D eigenvalue weighted by Crippen LogP contribution is -2.19. The van der Waals surface area contributed by atoms with Gasteiger partial charge in [-0.05, 0) is 62.7 Å². The van der Waals surface area contributed by atoms with Crippen LogP contribution in [0.4, 0.5) is 5.69 Å². The van der Waals surface area contributed by atoms with E-state index in [1.807, 2.05) is 25.2 Å². The molecule has 1 amide bonds. The molecule has 0 heterocycles. The highest BCUT2D eigenvalue weighted by molar-refractivity contribution is 6.00. The third-order valence-corrected chi connectivity index (χ3v) is 5.83. The third kappa shape index (κ3) is 8.26. The first-order valence-corrected chi connectivity index (χ1v) is 11.2. The normalized spacial score (nSPS) is 17.1. The SMILES string of the molecule is CC1=C(/C=C/C(C)=C/C=C/C(C)=C/C(=O)Nc2ccc(CC(=O)O)c(O)c2)C(C)(C)CCC1. The predicted octanol–water partition coefficient (Wildman–Crippen LogP) is 6.49. The van der Waals surface area contributed by atoms with Crippen LogP contribution in [0.2, 0.25) is 0 Å². The topological polar surface area (TPSA) is 86.6 Å². The molecule has 3 N–H and O–H groups in total. The van der Waals surface area contributed by atoms with E-state index in [4.69, 9.17) is 5.11 Å². The number of allylic oxidation sites excluding steroid dienone is 9. The minimum atomic E-state index is -1.03. The van der Waals surface area contributed by atoms with E-state index < -0.39 is 5.97 Å². The highest BCUT2D eigenvalue weighted by Gasteiger charge is 2.26. The number of hydrogen-bond acceptors (Lipinski definition) is 3. The number of nitrogens with one attached hydrogen (secondary N) is 1. The first-order chi connectivity index (χ1) is 15.5. The molecule has 0 saturated carbocycles. The Morgan fingerprint density at radius 3 is 2.52 bits per heavy atom. The predicted molar refractivity (Wildman–Crippen MR) is 134 cm³/mol. The van der Waals surface area contributed by atoms with Crippen molar-refractivity contribution < 1.29 is 19.8 Å². The highest BCUT2D eigenvalue weighted by Crippen LogP contribution is 2.40. The summed E-state index contributed by atoms with van der Waals surface area (Å²) >= 11 is 0. The van der Waals surface area contributed by atoms with Crippen LogP contribution in [-0.2, 0) is 16.0 Å². The second kappa shape index (κ2) is 11.5. The summed E-state index contributed by atoms with van der Waals surface area (Å²) < 4.78 is 0. The Kier molecular flexibility index (Phi) is 9.03. The number of rotatable bonds is 8. The van der Waals surface area contributed by atoms with Gasteiger partial charge in [0.1, 0.15) is 5.75 Å². The Bertz CT molecular complexity index is 1050. The van der Waals surface area contributed by atoms with Gasteiger partial charge >= 0.3 is 5.97 Å². The van der Waals surface area contributed by atoms with E-state index >= 15 is 0 Å². The van der Waals surface area contributed by atoms with Gasteiger partial charge in [-0.15, -0.1) is 0 Å². The standard InChI is InChI=1S/C28H35NO4/c1-19(11-14-24-21(3)10-7-15-28(24,4)5)8-6-9-20(2)16-26(31)29-23-13-12-22(17-27(32)33)25(30)18-23/h6,8-9,11-14,16,18,30H,7,10,15,17H2,1-5H3,(H,29,31)(H,32,33)/b9-6+,14-11+,19-8+,20-16+. The molecule has 33 heavy (non-hydrogen) atoms. The number of aromatic hydroxyl groups is 1. The van der Waals surface area contributed by atoms with Crippen LogP contribution >= 0.6 is 0 Å². The molecule has 176 valence electrons. The van der Waals surface area contributed by atoms with Gasteiger partial charge in [-0.3, -0.25) is 9.59 Å². The fraction of sp³-hybridized carbons (Fsp3) is 0.357. The Morgan fingerprint density at radius 1 is 1.15 bits per heavy atom. The Morgan fingerprint density at radius 2 is 1.88 bits per heavy atom. The number of phenolic OH excluding ortho intramolecular Hbond substituents is 1. The molecule has 0 unspecified atom stereocenters. The zero-order chi connectivity index (χ0) is 24.6. The molecule has 0 aromatic heterocycles. The van der Waals surface area contributed by atoms with Crippen LogP contribution in [-0.4, -0.2) is 22.1 Å². The number of carboxylic acids is 1. The van der Waals surface area contributed by atoms with Crippen LogP contribution in [0.15, 0.2) is 76.9 Å². The molecule has 0 atom stereocenters. The van der Waals surface area contributed by atoms with Crippen molar-refractivity contribution in [3.8, 4) is 5.75 Å². The smallest absolute Gasteiger partial charge is 0.307 e. The zero-order valence-corrected chi connectivity index (χ0v) is 20.2. The number of carboxylic acid groups (broad SMARTS) is 1. The molecule has 5 heteroatoms. The van der Waals surface area contributed by atoms with E-state index in [0.717, 1.165) is 11.1 Å². The lowest BCUT2D eigenvalue weighted by atomic mass is 9.72. The van der Waals surface area contributed by atoms with E-state index in [0.29, 0.717) is 11.3 Å². The first kappa shape index (κ1) is 25.9. The van der Waals surface area contributed by atoms with E-state index in [1.165, 1.54) is 48.6 Å². The van der Waals surface area contributed by atoms with Gasteiger partial charge in [-0.25, -0.2) is 0 Å². The third-order valence-electron chi connectivity index (χ3n) is 5.83. The number of amides is 1. The van der Waals surface area contributed by atoms with E-state index in [9.17, 15) is 14.7 Å². The van der Waals surface area contributed by atoms with Crippen molar-refractivity contribution in [2.24, 2.45) is 5.41 Å². The van der Waals surface area contributed by atoms with Crippen LogP contribution in [0, 0.1) is 5.41 Å². The second-order valence-corrected chi connectivity index (χ2v) is 9.33. The minimum Gasteiger partial charge on any atom is -0.508 e. The van der Waals surface area contributed by atoms with Gasteiger partial charge in [0.15, 0.2) is 0 Å². The summed E-state index contributed by atoms with van der Waals surface area (Å²) in [5, 5.41) is 21.4. The van der Waals surface area contributed by atoms with Crippen molar-refractivity contribution in [1.82, 2.24) is 0 Å². The van der Waals surface area contributed by atoms with Crippen molar-refractivity contribution in [2.45, 2.75) is 60.3 Å². The largest absolute Gasteiger partial charge is 0.508 e. The van der Waals surface area contributed by atoms with Crippen molar-refractivity contribution in [3.05, 3.63) is 82.5 Å². The highest BCUT2D eigenvalue weighted by atomic mass is 16.4. The summed E-state index contributed by atoms with van der Waals surface area (Å²) in [6.07, 6.45) is 15.0. The second-order valence-electron chi connectivity index (χ2n) is 9.33. The fourth-order valence-electron chi connectivity index (χ4n) is 4.02. The van der Waals surface area contributed by atoms with E-state index in [1.54, 1.807) is 6.07 Å². The Balaban J connectivity index is 1.97. The molecule has 1 aromatic carbocycles. The number of phenols is 1. The monoisotopic (exact) mass is 449 g/mol. The van der Waals surface area contributed by atoms with E-state index in [2.05, 4.69) is 45.2 Å². The summed E-state index contributed by atoms with van der Waals surface area (Å²) in [6.45, 7) is 10.7. The molecule has 0 saturated heterocycles. The summed E-state index contributed by atoms with van der Waals surface area (Å²) in [6, 6.07) is 4.40. The Labute approximate surface area is 196 Å². The molecule has 2 rings (SSSR count). The van der Waals surface area contributed by atoms with Gasteiger partial charge in [-0.2, -0.15) is 0 Å². The van der Waals surface area contributed by atoms with Crippen molar-refractivity contribution in [2.75, 3.05) is 5.32 Å². The number of aliphatic carboxylic acids is 1. The molecule has 0 bridgehead atoms. The average Bonchev–Trinajstić information content (AvgIpc) is 2.68. The molecule has 1 aliphatic carbocycles. The number of anilines is 1. The maximum Gasteiger partial charge on any atom is 0.307 e. The van der Waals surface area contributed by atoms with Crippen LogP contribution in [0.1, 0.15) is 59.4 Å². The molecular weight excluding hydrogens is 414 g/mol. The van der Waals surface area contributed by atoms with Crippen LogP contribution < -0.4 is 5.32 Å². The van der Waals surface area contributed by atoms with Crippen molar-refractivity contribution in [3.63, 3.8) is 0 Å². The van der Waals surface area contributed by atoms with Crippen molar-refractivity contribution >= 4 is 17.6 Å². The maximum atomic E-state index is 12.2. The number of carbonyl (C=O) groups is 2. The quantitative estimate of drug-likeness (QED) is 0.313. The molecule has 0 spiro atoms. The zero-order valence-electron chi connectivity index (χ0n) is 20.2. The van der Waals surface area contributed by atoms with Gasteiger partial charge in [-0.1, -0.05) is 61.4 Å². The van der Waals surface area contributed by atoms with Gasteiger partial charge < -0.3 is 15.5 Å². The van der Waals surface area contributed by atoms with Gasteiger partial charge in [0.05, 0.1) is 6.42 Å². The Hall–Kier alpha value is -3.34. The summed E-state index contributed by atoms with van der Waals surface area (Å²) in [4.78, 5) is 23.0. The minimum absolute atomic E-state index is 0.160. The number of carbonyl (C=O) groups excluding carboxylic acids is 1. The van der Waals surface area contributed by atoms with E-state index in [-0.39, 0.29) is 23.5 Å². The molecule has 0 radical (unpaired) electrons. The maximum absolute atomic E-state index is 12.2. The van der Waals surface area contributed by atoms with Gasteiger partial charge in [0.25, 0.3) is 0 Å². The molecule has 1 aliphatic rings. The molecule has 1 aromatic rings. The van der Waals surface area contributed by atoms with Gasteiger partial charge in [0, 0.05) is 23.4 Å². The van der Waals surface area contributed by atoms with Crippen LogP contribution in [0.5, 0.6) is 5.75 Å². The lowest BCUT2D eigenvalue weighted by molar-refractivity contribution is -0.136. The molecule has 5 nitrogen and oxygen atoms in total. The number of hydrogen-bond donors (Lipinski definition) is 3. The molecule has 0 fully saturated rings. The average molecular weight is 450 g/mol. The fourth-order valence-corrected chi connectivity index (χ4v) is 4.02. The summed E-state index contributed by atoms with van der Waals surface area (Å²) in [5.41, 5.74) is 5.72.